The third kappa shape index (κ3) is 1.34. The Kier molecular flexibility index (Phi) is 1.92. The Labute approximate surface area is 81.1 Å². The van der Waals surface area contributed by atoms with Crippen molar-refractivity contribution in [2.24, 2.45) is 0 Å². The molecule has 0 radical (unpaired) electrons. The molecule has 2 N–H and O–H groups in total. The molecular formula is C9H4F3NO2. The van der Waals surface area contributed by atoms with E-state index in [0.29, 0.717) is 6.07 Å². The van der Waals surface area contributed by atoms with Gasteiger partial charge in [-0.2, -0.15) is 0 Å². The van der Waals surface area contributed by atoms with Gasteiger partial charge in [-0.15, -0.1) is 0 Å². The first-order chi connectivity index (χ1) is 7.00. The van der Waals surface area contributed by atoms with Crippen LogP contribution in [0.25, 0.3) is 10.9 Å². The first-order valence-electron chi connectivity index (χ1n) is 3.90. The molecule has 78 valence electrons. The van der Waals surface area contributed by atoms with Gasteiger partial charge in [0.15, 0.2) is 17.5 Å². The Morgan fingerprint density at radius 1 is 1.20 bits per heavy atom. The number of hydrogen-bond acceptors (Lipinski definition) is 1. The molecule has 0 fully saturated rings. The van der Waals surface area contributed by atoms with Crippen LogP contribution < -0.4 is 0 Å². The lowest BCUT2D eigenvalue weighted by Gasteiger charge is -1.95. The molecular weight excluding hydrogens is 211 g/mol. The summed E-state index contributed by atoms with van der Waals surface area (Å²) in [5, 5.41) is 8.29. The molecule has 0 saturated carbocycles. The number of aromatic nitrogens is 1. The van der Waals surface area contributed by atoms with Crippen molar-refractivity contribution in [3.05, 3.63) is 35.3 Å². The number of benzene rings is 1. The second-order valence-electron chi connectivity index (χ2n) is 2.94. The molecule has 0 aliphatic heterocycles. The highest BCUT2D eigenvalue weighted by atomic mass is 19.2. The molecule has 0 aliphatic rings. The standard InChI is InChI=1S/C9H4F3NO2/c10-4-2-5-3(7(11)8(4)12)1-6(13-5)9(14)15/h1-2,13H,(H,14,15). The number of carboxylic acid groups (broad SMARTS) is 1. The van der Waals surface area contributed by atoms with Crippen LogP contribution in [-0.2, 0) is 0 Å². The quantitative estimate of drug-likeness (QED) is 0.717. The van der Waals surface area contributed by atoms with Crippen LogP contribution in [0.4, 0.5) is 13.2 Å². The number of carboxylic acids is 1. The van der Waals surface area contributed by atoms with Crippen LogP contribution in [0, 0.1) is 17.5 Å². The summed E-state index contributed by atoms with van der Waals surface area (Å²) >= 11 is 0. The molecule has 3 nitrogen and oxygen atoms in total. The summed E-state index contributed by atoms with van der Waals surface area (Å²) in [5.74, 6) is -5.70. The number of halogens is 3. The number of aromatic amines is 1. The molecule has 15 heavy (non-hydrogen) atoms. The molecule has 0 unspecified atom stereocenters. The molecule has 1 aromatic carbocycles. The Morgan fingerprint density at radius 2 is 1.87 bits per heavy atom. The van der Waals surface area contributed by atoms with Crippen LogP contribution >= 0.6 is 0 Å². The molecule has 1 heterocycles. The van der Waals surface area contributed by atoms with E-state index in [2.05, 4.69) is 4.98 Å². The predicted octanol–water partition coefficient (Wildman–Crippen LogP) is 2.28. The van der Waals surface area contributed by atoms with Gasteiger partial charge in [0, 0.05) is 11.5 Å². The van der Waals surface area contributed by atoms with Crippen molar-refractivity contribution in [2.45, 2.75) is 0 Å². The van der Waals surface area contributed by atoms with Crippen molar-refractivity contribution in [1.82, 2.24) is 4.98 Å². The zero-order valence-corrected chi connectivity index (χ0v) is 7.14. The lowest BCUT2D eigenvalue weighted by molar-refractivity contribution is 0.0691. The smallest absolute Gasteiger partial charge is 0.352 e. The number of carbonyl (C=O) groups is 1. The summed E-state index contributed by atoms with van der Waals surface area (Å²) in [6.45, 7) is 0. The second kappa shape index (κ2) is 3.01. The highest BCUT2D eigenvalue weighted by Crippen LogP contribution is 2.23. The van der Waals surface area contributed by atoms with Crippen molar-refractivity contribution in [2.75, 3.05) is 0 Å². The van der Waals surface area contributed by atoms with Crippen LogP contribution in [-0.4, -0.2) is 16.1 Å². The number of nitrogens with one attached hydrogen (secondary N) is 1. The van der Waals surface area contributed by atoms with Crippen LogP contribution in [0.15, 0.2) is 12.1 Å². The highest BCUT2D eigenvalue weighted by molar-refractivity contribution is 5.93. The largest absolute Gasteiger partial charge is 0.477 e. The Bertz CT molecular complexity index is 562. The third-order valence-corrected chi connectivity index (χ3v) is 1.99. The third-order valence-electron chi connectivity index (χ3n) is 1.99. The number of rotatable bonds is 1. The van der Waals surface area contributed by atoms with Crippen molar-refractivity contribution in [3.63, 3.8) is 0 Å². The summed E-state index contributed by atoms with van der Waals surface area (Å²) in [5.41, 5.74) is -0.419. The van der Waals surface area contributed by atoms with Crippen molar-refractivity contribution >= 4 is 16.9 Å². The van der Waals surface area contributed by atoms with E-state index < -0.39 is 23.4 Å². The summed E-state index contributed by atoms with van der Waals surface area (Å²) < 4.78 is 38.6. The Morgan fingerprint density at radius 3 is 2.47 bits per heavy atom. The zero-order valence-electron chi connectivity index (χ0n) is 7.14. The average molecular weight is 215 g/mol. The number of fused-ring (bicyclic) bond motifs is 1. The molecule has 0 amide bonds. The fourth-order valence-corrected chi connectivity index (χ4v) is 1.29. The van der Waals surface area contributed by atoms with Gasteiger partial charge in [0.25, 0.3) is 0 Å². The predicted molar refractivity (Wildman–Crippen MR) is 45.1 cm³/mol. The van der Waals surface area contributed by atoms with Crippen LogP contribution in [0.5, 0.6) is 0 Å². The average Bonchev–Trinajstić information content (AvgIpc) is 2.58. The lowest BCUT2D eigenvalue weighted by Crippen LogP contribution is -1.94. The topological polar surface area (TPSA) is 53.1 Å². The van der Waals surface area contributed by atoms with E-state index in [-0.39, 0.29) is 16.6 Å². The van der Waals surface area contributed by atoms with Gasteiger partial charge in [-0.05, 0) is 6.07 Å². The number of hydrogen-bond donors (Lipinski definition) is 2. The molecule has 0 spiro atoms. The minimum absolute atomic E-state index is 0.0937. The van der Waals surface area contributed by atoms with E-state index in [4.69, 9.17) is 5.11 Å². The van der Waals surface area contributed by atoms with Gasteiger partial charge in [-0.25, -0.2) is 18.0 Å². The minimum Gasteiger partial charge on any atom is -0.477 e. The van der Waals surface area contributed by atoms with Gasteiger partial charge in [0.2, 0.25) is 0 Å². The first kappa shape index (κ1) is 9.57. The summed E-state index contributed by atoms with van der Waals surface area (Å²) in [7, 11) is 0. The molecule has 6 heteroatoms. The van der Waals surface area contributed by atoms with E-state index in [1.165, 1.54) is 0 Å². The van der Waals surface area contributed by atoms with Crippen LogP contribution in [0.3, 0.4) is 0 Å². The fourth-order valence-electron chi connectivity index (χ4n) is 1.29. The Balaban J connectivity index is 2.82. The fraction of sp³-hybridized carbons (Fsp3) is 0. The molecule has 0 aliphatic carbocycles. The maximum atomic E-state index is 13.1. The van der Waals surface area contributed by atoms with E-state index >= 15 is 0 Å². The number of aromatic carboxylic acids is 1. The maximum absolute atomic E-state index is 13.1. The Hall–Kier alpha value is -1.98. The van der Waals surface area contributed by atoms with E-state index in [1.807, 2.05) is 0 Å². The zero-order chi connectivity index (χ0) is 11.2. The van der Waals surface area contributed by atoms with Gasteiger partial charge in [-0.3, -0.25) is 0 Å². The van der Waals surface area contributed by atoms with Gasteiger partial charge >= 0.3 is 5.97 Å². The van der Waals surface area contributed by atoms with E-state index in [9.17, 15) is 18.0 Å². The van der Waals surface area contributed by atoms with Crippen LogP contribution in [0.2, 0.25) is 0 Å². The molecule has 1 aromatic heterocycles. The highest BCUT2D eigenvalue weighted by Gasteiger charge is 2.17. The monoisotopic (exact) mass is 215 g/mol. The van der Waals surface area contributed by atoms with Gasteiger partial charge < -0.3 is 10.1 Å². The van der Waals surface area contributed by atoms with E-state index in [0.717, 1.165) is 6.07 Å². The SMILES string of the molecule is O=C(O)c1cc2c(F)c(F)c(F)cc2[nH]1. The minimum atomic E-state index is -1.61. The molecule has 0 atom stereocenters. The first-order valence-corrected chi connectivity index (χ1v) is 3.90. The summed E-state index contributed by atoms with van der Waals surface area (Å²) in [6, 6.07) is 1.62. The number of H-pyrrole nitrogens is 1. The van der Waals surface area contributed by atoms with Crippen molar-refractivity contribution in [3.8, 4) is 0 Å². The molecule has 0 saturated heterocycles. The van der Waals surface area contributed by atoms with Crippen LogP contribution in [0.1, 0.15) is 10.5 Å². The van der Waals surface area contributed by atoms with Gasteiger partial charge in [0.05, 0.1) is 5.52 Å². The molecule has 2 aromatic rings. The lowest BCUT2D eigenvalue weighted by atomic mass is 10.2. The maximum Gasteiger partial charge on any atom is 0.352 e. The van der Waals surface area contributed by atoms with Crippen molar-refractivity contribution in [1.29, 1.82) is 0 Å². The summed E-state index contributed by atoms with van der Waals surface area (Å²) in [4.78, 5) is 12.8. The molecule has 0 bridgehead atoms. The van der Waals surface area contributed by atoms with Crippen molar-refractivity contribution < 1.29 is 23.1 Å². The van der Waals surface area contributed by atoms with Gasteiger partial charge in [0.1, 0.15) is 5.69 Å². The van der Waals surface area contributed by atoms with Gasteiger partial charge in [-0.1, -0.05) is 0 Å². The summed E-state index contributed by atoms with van der Waals surface area (Å²) in [6.07, 6.45) is 0. The second-order valence-corrected chi connectivity index (χ2v) is 2.94. The normalized spacial score (nSPS) is 10.9. The molecule has 2 rings (SSSR count). The van der Waals surface area contributed by atoms with E-state index in [1.54, 1.807) is 0 Å².